The first-order chi connectivity index (χ1) is 11.8. The minimum Gasteiger partial charge on any atom is -0.384 e. The maximum atomic E-state index is 5.27. The third kappa shape index (κ3) is 5.31. The number of hydrogen-bond donors (Lipinski definition) is 1. The van der Waals surface area contributed by atoms with Gasteiger partial charge < -0.3 is 15.0 Å². The molecule has 1 fully saturated rings. The molecular formula is C20H28IN3O. The van der Waals surface area contributed by atoms with E-state index in [1.165, 1.54) is 22.8 Å². The van der Waals surface area contributed by atoms with Gasteiger partial charge in [-0.05, 0) is 29.2 Å². The summed E-state index contributed by atoms with van der Waals surface area (Å²) in [5, 5.41) is 6.11. The molecule has 1 atom stereocenters. The van der Waals surface area contributed by atoms with Crippen LogP contribution in [0.1, 0.15) is 12.0 Å². The van der Waals surface area contributed by atoms with E-state index in [0.29, 0.717) is 5.92 Å². The highest BCUT2D eigenvalue weighted by atomic mass is 127. The average Bonchev–Trinajstić information content (AvgIpc) is 3.07. The van der Waals surface area contributed by atoms with Crippen LogP contribution in [-0.2, 0) is 11.2 Å². The molecule has 5 heteroatoms. The van der Waals surface area contributed by atoms with E-state index in [9.17, 15) is 0 Å². The SMILES string of the molecule is CN=C(NCCc1ccc2ccccc2c1)N1CCC(COC)C1.I. The summed E-state index contributed by atoms with van der Waals surface area (Å²) in [4.78, 5) is 6.77. The van der Waals surface area contributed by atoms with E-state index in [1.54, 1.807) is 7.11 Å². The zero-order valence-electron chi connectivity index (χ0n) is 15.1. The highest BCUT2D eigenvalue weighted by molar-refractivity contribution is 14.0. The molecule has 0 bridgehead atoms. The lowest BCUT2D eigenvalue weighted by Crippen LogP contribution is -2.41. The number of guanidine groups is 1. The van der Waals surface area contributed by atoms with Gasteiger partial charge in [0.05, 0.1) is 6.61 Å². The Labute approximate surface area is 167 Å². The number of aliphatic imine (C=N–C) groups is 1. The molecule has 2 aromatic rings. The van der Waals surface area contributed by atoms with E-state index in [2.05, 4.69) is 57.7 Å². The van der Waals surface area contributed by atoms with Gasteiger partial charge in [-0.3, -0.25) is 4.99 Å². The van der Waals surface area contributed by atoms with Crippen LogP contribution in [0.5, 0.6) is 0 Å². The minimum atomic E-state index is 0. The Balaban J connectivity index is 0.00000225. The van der Waals surface area contributed by atoms with Crippen LogP contribution in [0.25, 0.3) is 10.8 Å². The van der Waals surface area contributed by atoms with Crippen molar-refractivity contribution in [1.29, 1.82) is 0 Å². The maximum Gasteiger partial charge on any atom is 0.193 e. The number of hydrogen-bond acceptors (Lipinski definition) is 2. The summed E-state index contributed by atoms with van der Waals surface area (Å²) in [7, 11) is 3.64. The third-order valence-corrected chi connectivity index (χ3v) is 4.71. The van der Waals surface area contributed by atoms with Gasteiger partial charge in [0.25, 0.3) is 0 Å². The van der Waals surface area contributed by atoms with Crippen molar-refractivity contribution in [2.45, 2.75) is 12.8 Å². The normalized spacial score (nSPS) is 17.6. The topological polar surface area (TPSA) is 36.9 Å². The van der Waals surface area contributed by atoms with Crippen molar-refractivity contribution in [3.05, 3.63) is 48.0 Å². The highest BCUT2D eigenvalue weighted by Crippen LogP contribution is 2.17. The first-order valence-electron chi connectivity index (χ1n) is 8.72. The predicted molar refractivity (Wildman–Crippen MR) is 116 cm³/mol. The molecule has 0 aromatic heterocycles. The van der Waals surface area contributed by atoms with Gasteiger partial charge in [0, 0.05) is 39.7 Å². The van der Waals surface area contributed by atoms with Crippen LogP contribution >= 0.6 is 24.0 Å². The number of fused-ring (bicyclic) bond motifs is 1. The summed E-state index contributed by atoms with van der Waals surface area (Å²) < 4.78 is 5.27. The Hall–Kier alpha value is -1.34. The number of ether oxygens (including phenoxy) is 1. The van der Waals surface area contributed by atoms with Crippen LogP contribution in [0.2, 0.25) is 0 Å². The molecule has 1 aliphatic rings. The van der Waals surface area contributed by atoms with Crippen LogP contribution in [0.15, 0.2) is 47.5 Å². The second-order valence-electron chi connectivity index (χ2n) is 6.46. The number of nitrogens with one attached hydrogen (secondary N) is 1. The largest absolute Gasteiger partial charge is 0.384 e. The van der Waals surface area contributed by atoms with Gasteiger partial charge >= 0.3 is 0 Å². The van der Waals surface area contributed by atoms with Crippen LogP contribution < -0.4 is 5.32 Å². The van der Waals surface area contributed by atoms with Crippen LogP contribution in [0.3, 0.4) is 0 Å². The Morgan fingerprint density at radius 1 is 1.24 bits per heavy atom. The number of nitrogens with zero attached hydrogens (tertiary/aromatic N) is 2. The smallest absolute Gasteiger partial charge is 0.193 e. The summed E-state index contributed by atoms with van der Waals surface area (Å²) >= 11 is 0. The molecular weight excluding hydrogens is 425 g/mol. The van der Waals surface area contributed by atoms with Crippen molar-refractivity contribution in [1.82, 2.24) is 10.2 Å². The lowest BCUT2D eigenvalue weighted by Gasteiger charge is -2.21. The first kappa shape index (κ1) is 20.0. The number of likely N-dealkylation sites (tertiary alicyclic amines) is 1. The molecule has 1 saturated heterocycles. The monoisotopic (exact) mass is 453 g/mol. The summed E-state index contributed by atoms with van der Waals surface area (Å²) in [6.07, 6.45) is 2.18. The second kappa shape index (κ2) is 9.97. The van der Waals surface area contributed by atoms with Crippen LogP contribution in [0.4, 0.5) is 0 Å². The quantitative estimate of drug-likeness (QED) is 0.428. The summed E-state index contributed by atoms with van der Waals surface area (Å²) in [5.41, 5.74) is 1.36. The predicted octanol–water partition coefficient (Wildman–Crippen LogP) is 3.54. The molecule has 4 nitrogen and oxygen atoms in total. The van der Waals surface area contributed by atoms with E-state index < -0.39 is 0 Å². The zero-order chi connectivity index (χ0) is 16.8. The van der Waals surface area contributed by atoms with Gasteiger partial charge in [0.2, 0.25) is 0 Å². The molecule has 25 heavy (non-hydrogen) atoms. The molecule has 0 amide bonds. The zero-order valence-corrected chi connectivity index (χ0v) is 17.4. The average molecular weight is 453 g/mol. The third-order valence-electron chi connectivity index (χ3n) is 4.71. The number of halogens is 1. The molecule has 0 saturated carbocycles. The first-order valence-corrected chi connectivity index (χ1v) is 8.72. The molecule has 1 heterocycles. The number of rotatable bonds is 5. The Morgan fingerprint density at radius 2 is 2.04 bits per heavy atom. The van der Waals surface area contributed by atoms with E-state index in [0.717, 1.165) is 38.6 Å². The highest BCUT2D eigenvalue weighted by Gasteiger charge is 2.24. The molecule has 2 aromatic carbocycles. The lowest BCUT2D eigenvalue weighted by molar-refractivity contribution is 0.157. The Kier molecular flexibility index (Phi) is 7.96. The Bertz CT molecular complexity index is 704. The van der Waals surface area contributed by atoms with Crippen molar-refractivity contribution < 1.29 is 4.74 Å². The van der Waals surface area contributed by atoms with Crippen molar-refractivity contribution >= 4 is 40.7 Å². The minimum absolute atomic E-state index is 0. The summed E-state index contributed by atoms with van der Waals surface area (Å²) in [6.45, 7) is 3.83. The fraction of sp³-hybridized carbons (Fsp3) is 0.450. The molecule has 0 spiro atoms. The summed E-state index contributed by atoms with van der Waals surface area (Å²) in [6, 6.07) is 15.2. The fourth-order valence-corrected chi connectivity index (χ4v) is 3.44. The van der Waals surface area contributed by atoms with E-state index >= 15 is 0 Å². The van der Waals surface area contributed by atoms with E-state index in [1.807, 2.05) is 7.05 Å². The summed E-state index contributed by atoms with van der Waals surface area (Å²) in [5.74, 6) is 1.63. The van der Waals surface area contributed by atoms with Crippen molar-refractivity contribution in [3.8, 4) is 0 Å². The van der Waals surface area contributed by atoms with Gasteiger partial charge in [-0.2, -0.15) is 0 Å². The Morgan fingerprint density at radius 3 is 2.80 bits per heavy atom. The maximum absolute atomic E-state index is 5.27. The van der Waals surface area contributed by atoms with Crippen molar-refractivity contribution in [3.63, 3.8) is 0 Å². The van der Waals surface area contributed by atoms with E-state index in [-0.39, 0.29) is 24.0 Å². The van der Waals surface area contributed by atoms with Crippen molar-refractivity contribution in [2.24, 2.45) is 10.9 Å². The molecule has 136 valence electrons. The number of benzene rings is 2. The molecule has 1 aliphatic heterocycles. The standard InChI is InChI=1S/C20H27N3O.HI/c1-21-20(23-12-10-17(14-23)15-24-2)22-11-9-16-7-8-18-5-3-4-6-19(18)13-16;/h3-8,13,17H,9-12,14-15H2,1-2H3,(H,21,22);1H. The van der Waals surface area contributed by atoms with E-state index in [4.69, 9.17) is 4.74 Å². The lowest BCUT2D eigenvalue weighted by atomic mass is 10.1. The molecule has 1 unspecified atom stereocenters. The molecule has 3 rings (SSSR count). The fourth-order valence-electron chi connectivity index (χ4n) is 3.44. The van der Waals surface area contributed by atoms with Crippen LogP contribution in [-0.4, -0.2) is 51.3 Å². The van der Waals surface area contributed by atoms with Gasteiger partial charge in [0.15, 0.2) is 5.96 Å². The van der Waals surface area contributed by atoms with Crippen LogP contribution in [0, 0.1) is 5.92 Å². The molecule has 0 radical (unpaired) electrons. The second-order valence-corrected chi connectivity index (χ2v) is 6.46. The van der Waals surface area contributed by atoms with Gasteiger partial charge in [-0.25, -0.2) is 0 Å². The number of methoxy groups -OCH3 is 1. The van der Waals surface area contributed by atoms with Gasteiger partial charge in [0.1, 0.15) is 0 Å². The van der Waals surface area contributed by atoms with Crippen molar-refractivity contribution in [2.75, 3.05) is 40.4 Å². The van der Waals surface area contributed by atoms with Gasteiger partial charge in [-0.15, -0.1) is 24.0 Å². The molecule has 0 aliphatic carbocycles. The molecule has 1 N–H and O–H groups in total. The van der Waals surface area contributed by atoms with Gasteiger partial charge in [-0.1, -0.05) is 42.5 Å².